The molecule has 1 amide bonds. The molecule has 6 rings (SSSR count). The predicted octanol–water partition coefficient (Wildman–Crippen LogP) is 2.46. The predicted molar refractivity (Wildman–Crippen MR) is 117 cm³/mol. The van der Waals surface area contributed by atoms with E-state index in [9.17, 15) is 9.59 Å². The maximum absolute atomic E-state index is 13.5. The van der Waals surface area contributed by atoms with Crippen LogP contribution in [0.2, 0.25) is 0 Å². The molecule has 2 saturated heterocycles. The number of nitrogens with zero attached hydrogens (tertiary/aromatic N) is 6. The average molecular weight is 419 g/mol. The number of carbonyl (C=O) groups is 1. The molecule has 31 heavy (non-hydrogen) atoms. The van der Waals surface area contributed by atoms with Gasteiger partial charge in [-0.2, -0.15) is 5.10 Å². The Hall–Kier alpha value is -3.16. The Balaban J connectivity index is 1.26. The van der Waals surface area contributed by atoms with Crippen molar-refractivity contribution >= 4 is 17.1 Å². The van der Waals surface area contributed by atoms with Gasteiger partial charge in [-0.15, -0.1) is 0 Å². The number of piperidine rings is 1. The summed E-state index contributed by atoms with van der Waals surface area (Å²) in [5, 5.41) is 4.46. The van der Waals surface area contributed by atoms with E-state index in [1.807, 2.05) is 29.3 Å². The highest BCUT2D eigenvalue weighted by Crippen LogP contribution is 2.40. The summed E-state index contributed by atoms with van der Waals surface area (Å²) in [5.41, 5.74) is 2.20. The van der Waals surface area contributed by atoms with Gasteiger partial charge in [-0.25, -0.2) is 9.67 Å². The van der Waals surface area contributed by atoms with E-state index in [0.29, 0.717) is 24.7 Å². The molecule has 0 N–H and O–H groups in total. The fraction of sp³-hybridized carbons (Fsp3) is 0.478. The summed E-state index contributed by atoms with van der Waals surface area (Å²) in [6.45, 7) is 3.14. The van der Waals surface area contributed by atoms with Crippen molar-refractivity contribution in [2.75, 3.05) is 31.1 Å². The number of amides is 1. The van der Waals surface area contributed by atoms with E-state index in [2.05, 4.69) is 14.4 Å². The maximum atomic E-state index is 13.5. The van der Waals surface area contributed by atoms with Crippen LogP contribution in [-0.4, -0.2) is 56.2 Å². The molecule has 1 saturated carbocycles. The van der Waals surface area contributed by atoms with Crippen LogP contribution < -0.4 is 10.5 Å². The minimum absolute atomic E-state index is 0.0504. The van der Waals surface area contributed by atoms with E-state index in [1.54, 1.807) is 16.9 Å². The van der Waals surface area contributed by atoms with Gasteiger partial charge in [0.2, 0.25) is 0 Å². The van der Waals surface area contributed by atoms with Crippen molar-refractivity contribution in [3.05, 3.63) is 58.5 Å². The lowest BCUT2D eigenvalue weighted by atomic mass is 10.1. The maximum Gasteiger partial charge on any atom is 0.274 e. The number of anilines is 1. The summed E-state index contributed by atoms with van der Waals surface area (Å²) in [6.07, 6.45) is 8.90. The molecule has 3 fully saturated rings. The van der Waals surface area contributed by atoms with Crippen molar-refractivity contribution in [1.82, 2.24) is 24.1 Å². The van der Waals surface area contributed by atoms with E-state index in [4.69, 9.17) is 4.98 Å². The third-order valence-corrected chi connectivity index (χ3v) is 6.78. The number of imidazole rings is 1. The molecule has 3 aromatic rings. The van der Waals surface area contributed by atoms with E-state index in [-0.39, 0.29) is 17.5 Å². The van der Waals surface area contributed by atoms with Gasteiger partial charge in [-0.3, -0.25) is 9.59 Å². The van der Waals surface area contributed by atoms with Crippen LogP contribution >= 0.6 is 0 Å². The lowest BCUT2D eigenvalue weighted by Crippen LogP contribution is -2.44. The van der Waals surface area contributed by atoms with E-state index in [1.165, 1.54) is 0 Å². The second kappa shape index (κ2) is 7.21. The number of rotatable bonds is 4. The molecule has 8 nitrogen and oxygen atoms in total. The second-order valence-corrected chi connectivity index (χ2v) is 8.93. The van der Waals surface area contributed by atoms with Gasteiger partial charge in [0, 0.05) is 44.4 Å². The van der Waals surface area contributed by atoms with Crippen molar-refractivity contribution in [3.8, 4) is 0 Å². The lowest BCUT2D eigenvalue weighted by Gasteiger charge is -2.34. The molecular weight excluding hydrogens is 392 g/mol. The van der Waals surface area contributed by atoms with E-state index in [0.717, 1.165) is 62.2 Å². The van der Waals surface area contributed by atoms with Crippen LogP contribution in [0.1, 0.15) is 60.4 Å². The van der Waals surface area contributed by atoms with Crippen LogP contribution in [0.4, 0.5) is 5.69 Å². The van der Waals surface area contributed by atoms with Gasteiger partial charge in [-0.05, 0) is 44.2 Å². The molecule has 0 radical (unpaired) electrons. The van der Waals surface area contributed by atoms with Crippen molar-refractivity contribution in [2.45, 2.75) is 44.1 Å². The molecule has 8 heteroatoms. The Labute approximate surface area is 180 Å². The van der Waals surface area contributed by atoms with Crippen molar-refractivity contribution < 1.29 is 4.79 Å². The van der Waals surface area contributed by atoms with E-state index < -0.39 is 0 Å². The standard InChI is InChI=1S/C23H26N6O2/c30-20-13-18(26-10-4-11-26)14-24-29(20)17-5-3-9-27(15-17)23(31)21-19-6-1-2-12-28(19)22(25-21)16-7-8-16/h1-2,6,12-14,16-17H,3-5,7-11,15H2/t17-/m0/s1. The largest absolute Gasteiger partial charge is 0.370 e. The minimum atomic E-state index is -0.104. The quantitative estimate of drug-likeness (QED) is 0.651. The highest BCUT2D eigenvalue weighted by molar-refractivity contribution is 5.99. The first-order chi connectivity index (χ1) is 15.2. The van der Waals surface area contributed by atoms with Gasteiger partial charge in [0.1, 0.15) is 5.82 Å². The fourth-order valence-electron chi connectivity index (χ4n) is 4.77. The topological polar surface area (TPSA) is 75.7 Å². The molecule has 0 bridgehead atoms. The van der Waals surface area contributed by atoms with Crippen molar-refractivity contribution in [2.24, 2.45) is 0 Å². The van der Waals surface area contributed by atoms with Gasteiger partial charge in [0.05, 0.1) is 23.4 Å². The first-order valence-corrected chi connectivity index (χ1v) is 11.3. The Morgan fingerprint density at radius 1 is 1.06 bits per heavy atom. The molecule has 0 aromatic carbocycles. The SMILES string of the molecule is O=C(c1nc(C2CC2)n2ccccc12)N1CCC[C@H](n2ncc(N3CCC3)cc2=O)C1. The van der Waals surface area contributed by atoms with Crippen LogP contribution in [0.3, 0.4) is 0 Å². The highest BCUT2D eigenvalue weighted by Gasteiger charge is 2.33. The first-order valence-electron chi connectivity index (χ1n) is 11.3. The van der Waals surface area contributed by atoms with E-state index >= 15 is 0 Å². The van der Waals surface area contributed by atoms with Crippen LogP contribution in [0.5, 0.6) is 0 Å². The number of likely N-dealkylation sites (tertiary alicyclic amines) is 1. The smallest absolute Gasteiger partial charge is 0.274 e. The monoisotopic (exact) mass is 418 g/mol. The average Bonchev–Trinajstić information content (AvgIpc) is 3.52. The summed E-state index contributed by atoms with van der Waals surface area (Å²) in [5.74, 6) is 1.40. The zero-order valence-corrected chi connectivity index (χ0v) is 17.5. The number of hydrogen-bond donors (Lipinski definition) is 0. The number of hydrogen-bond acceptors (Lipinski definition) is 5. The van der Waals surface area contributed by atoms with Gasteiger partial charge < -0.3 is 14.2 Å². The van der Waals surface area contributed by atoms with Gasteiger partial charge in [-0.1, -0.05) is 6.07 Å². The number of carbonyl (C=O) groups excluding carboxylic acids is 1. The summed E-state index contributed by atoms with van der Waals surface area (Å²) in [7, 11) is 0. The van der Waals surface area contributed by atoms with Crippen LogP contribution in [0.25, 0.3) is 5.52 Å². The van der Waals surface area contributed by atoms with Gasteiger partial charge in [0.25, 0.3) is 11.5 Å². The second-order valence-electron chi connectivity index (χ2n) is 8.93. The zero-order valence-electron chi connectivity index (χ0n) is 17.5. The third-order valence-electron chi connectivity index (χ3n) is 6.78. The zero-order chi connectivity index (χ0) is 20.9. The summed E-state index contributed by atoms with van der Waals surface area (Å²) in [6, 6.07) is 7.47. The molecule has 1 atom stereocenters. The molecule has 0 spiro atoms. The Kier molecular flexibility index (Phi) is 4.33. The Morgan fingerprint density at radius 2 is 1.94 bits per heavy atom. The van der Waals surface area contributed by atoms with Gasteiger partial charge >= 0.3 is 0 Å². The molecular formula is C23H26N6O2. The molecule has 3 aliphatic rings. The van der Waals surface area contributed by atoms with Crippen LogP contribution in [0, 0.1) is 0 Å². The molecule has 1 aliphatic carbocycles. The van der Waals surface area contributed by atoms with Crippen molar-refractivity contribution in [3.63, 3.8) is 0 Å². The van der Waals surface area contributed by atoms with Crippen LogP contribution in [0.15, 0.2) is 41.5 Å². The normalized spacial score (nSPS) is 21.4. The summed E-state index contributed by atoms with van der Waals surface area (Å²) >= 11 is 0. The summed E-state index contributed by atoms with van der Waals surface area (Å²) < 4.78 is 3.62. The molecule has 160 valence electrons. The first kappa shape index (κ1) is 18.6. The number of pyridine rings is 1. The molecule has 0 unspecified atom stereocenters. The highest BCUT2D eigenvalue weighted by atomic mass is 16.2. The van der Waals surface area contributed by atoms with Gasteiger partial charge in [0.15, 0.2) is 5.69 Å². The minimum Gasteiger partial charge on any atom is -0.370 e. The fourth-order valence-corrected chi connectivity index (χ4v) is 4.77. The molecule has 5 heterocycles. The number of fused-ring (bicyclic) bond motifs is 1. The molecule has 3 aromatic heterocycles. The molecule has 2 aliphatic heterocycles. The third kappa shape index (κ3) is 3.21. The number of aromatic nitrogens is 4. The van der Waals surface area contributed by atoms with Crippen LogP contribution in [-0.2, 0) is 0 Å². The lowest BCUT2D eigenvalue weighted by molar-refractivity contribution is 0.0666. The summed E-state index contributed by atoms with van der Waals surface area (Å²) in [4.78, 5) is 35.0. The Bertz CT molecular complexity index is 1210. The van der Waals surface area contributed by atoms with Crippen molar-refractivity contribution in [1.29, 1.82) is 0 Å². The Morgan fingerprint density at radius 3 is 2.68 bits per heavy atom.